The van der Waals surface area contributed by atoms with Crippen molar-refractivity contribution in [2.45, 2.75) is 12.0 Å². The van der Waals surface area contributed by atoms with Crippen LogP contribution < -0.4 is 5.32 Å². The number of hydrogen-bond acceptors (Lipinski definition) is 4. The summed E-state index contributed by atoms with van der Waals surface area (Å²) in [6.07, 6.45) is 0. The van der Waals surface area contributed by atoms with Crippen molar-refractivity contribution in [3.63, 3.8) is 0 Å². The van der Waals surface area contributed by atoms with Crippen molar-refractivity contribution in [1.29, 1.82) is 0 Å². The second-order valence-electron chi connectivity index (χ2n) is 5.00. The number of nitrogens with one attached hydrogen (secondary N) is 1. The molecule has 0 aromatic heterocycles. The average Bonchev–Trinajstić information content (AvgIpc) is 2.48. The van der Waals surface area contributed by atoms with Crippen LogP contribution in [0.15, 0.2) is 24.3 Å². The Kier molecular flexibility index (Phi) is 6.67. The van der Waals surface area contributed by atoms with Crippen LogP contribution in [0.3, 0.4) is 0 Å². The molecule has 0 amide bonds. The van der Waals surface area contributed by atoms with Crippen LogP contribution in [0.2, 0.25) is 0 Å². The number of benzene rings is 1. The summed E-state index contributed by atoms with van der Waals surface area (Å²) in [4.78, 5) is 12.8. The van der Waals surface area contributed by atoms with Crippen LogP contribution in [0.25, 0.3) is 0 Å². The van der Waals surface area contributed by atoms with E-state index in [0.29, 0.717) is 26.2 Å². The minimum Gasteiger partial charge on any atom is -0.478 e. The number of piperazine rings is 1. The van der Waals surface area contributed by atoms with Crippen LogP contribution >= 0.6 is 12.4 Å². The molecule has 1 aromatic carbocycles. The summed E-state index contributed by atoms with van der Waals surface area (Å²) in [5.74, 6) is -4.66. The molecule has 1 aliphatic rings. The summed E-state index contributed by atoms with van der Waals surface area (Å²) in [6, 6.07) is 4.28. The predicted octanol–water partition coefficient (Wildman–Crippen LogP) is 1.38. The lowest BCUT2D eigenvalue weighted by Crippen LogP contribution is -2.51. The van der Waals surface area contributed by atoms with Crippen LogP contribution in [-0.2, 0) is 0 Å². The van der Waals surface area contributed by atoms with E-state index in [2.05, 4.69) is 5.32 Å². The standard InChI is InChI=1S/C14H18F2N2O3.ClH/c15-14(16,9-19)12(18-7-5-17-6-8-18)10-3-1-2-4-11(10)13(20)21;/h1-4,12,17,19H,5-9H2,(H,20,21);1H/t12-;/m0./s1. The fourth-order valence-electron chi connectivity index (χ4n) is 2.65. The van der Waals surface area contributed by atoms with E-state index in [1.165, 1.54) is 29.2 Å². The number of aromatic carboxylic acids is 1. The summed E-state index contributed by atoms with van der Waals surface area (Å²) < 4.78 is 28.5. The molecule has 3 N–H and O–H groups in total. The Hall–Kier alpha value is -1.28. The van der Waals surface area contributed by atoms with Gasteiger partial charge in [0, 0.05) is 26.2 Å². The van der Waals surface area contributed by atoms with Crippen molar-refractivity contribution in [3.8, 4) is 0 Å². The van der Waals surface area contributed by atoms with E-state index in [1.807, 2.05) is 0 Å². The molecule has 1 heterocycles. The second-order valence-corrected chi connectivity index (χ2v) is 5.00. The summed E-state index contributed by atoms with van der Waals surface area (Å²) in [6.45, 7) is 0.512. The van der Waals surface area contributed by atoms with Gasteiger partial charge in [0.15, 0.2) is 0 Å². The van der Waals surface area contributed by atoms with Gasteiger partial charge in [-0.25, -0.2) is 13.6 Å². The van der Waals surface area contributed by atoms with Crippen LogP contribution in [0.5, 0.6) is 0 Å². The molecule has 1 fully saturated rings. The lowest BCUT2D eigenvalue weighted by atomic mass is 9.93. The molecular formula is C14H19ClF2N2O3. The molecule has 1 atom stereocenters. The maximum atomic E-state index is 14.2. The van der Waals surface area contributed by atoms with E-state index in [-0.39, 0.29) is 23.5 Å². The SMILES string of the molecule is Cl.O=C(O)c1ccccc1[C@H](N1CCNCC1)C(F)(F)CO. The Morgan fingerprint density at radius 3 is 2.45 bits per heavy atom. The summed E-state index contributed by atoms with van der Waals surface area (Å²) >= 11 is 0. The number of aliphatic hydroxyl groups is 1. The van der Waals surface area contributed by atoms with Gasteiger partial charge >= 0.3 is 5.97 Å². The minimum absolute atomic E-state index is 0. The summed E-state index contributed by atoms with van der Waals surface area (Å²) in [5.41, 5.74) is -0.125. The van der Waals surface area contributed by atoms with Gasteiger partial charge in [-0.05, 0) is 11.6 Å². The normalized spacial score (nSPS) is 17.6. The Morgan fingerprint density at radius 2 is 1.91 bits per heavy atom. The van der Waals surface area contributed by atoms with Gasteiger partial charge < -0.3 is 15.5 Å². The summed E-state index contributed by atoms with van der Waals surface area (Å²) in [5, 5.41) is 21.3. The third-order valence-electron chi connectivity index (χ3n) is 3.61. The van der Waals surface area contributed by atoms with E-state index in [4.69, 9.17) is 5.11 Å². The van der Waals surface area contributed by atoms with Crippen LogP contribution in [0, 0.1) is 0 Å². The number of halogens is 3. The topological polar surface area (TPSA) is 72.8 Å². The van der Waals surface area contributed by atoms with Crippen molar-refractivity contribution >= 4 is 18.4 Å². The Balaban J connectivity index is 0.00000242. The highest BCUT2D eigenvalue weighted by Crippen LogP contribution is 2.38. The molecule has 124 valence electrons. The number of carboxylic acids is 1. The number of rotatable bonds is 5. The van der Waals surface area contributed by atoms with E-state index in [0.717, 1.165) is 0 Å². The first-order valence-corrected chi connectivity index (χ1v) is 6.73. The molecular weight excluding hydrogens is 318 g/mol. The third-order valence-corrected chi connectivity index (χ3v) is 3.61. The van der Waals surface area contributed by atoms with Gasteiger partial charge in [-0.15, -0.1) is 12.4 Å². The fraction of sp³-hybridized carbons (Fsp3) is 0.500. The first-order valence-electron chi connectivity index (χ1n) is 6.73. The van der Waals surface area contributed by atoms with Gasteiger partial charge in [-0.3, -0.25) is 4.90 Å². The molecule has 0 aliphatic carbocycles. The molecule has 0 unspecified atom stereocenters. The number of carbonyl (C=O) groups is 1. The van der Waals surface area contributed by atoms with Gasteiger partial charge in [-0.2, -0.15) is 0 Å². The van der Waals surface area contributed by atoms with Crippen molar-refractivity contribution in [2.75, 3.05) is 32.8 Å². The Morgan fingerprint density at radius 1 is 1.32 bits per heavy atom. The Labute approximate surface area is 133 Å². The van der Waals surface area contributed by atoms with Gasteiger partial charge in [0.25, 0.3) is 5.92 Å². The molecule has 0 saturated carbocycles. The van der Waals surface area contributed by atoms with E-state index in [1.54, 1.807) is 0 Å². The number of carboxylic acid groups (broad SMARTS) is 1. The molecule has 1 saturated heterocycles. The zero-order chi connectivity index (χ0) is 15.5. The maximum Gasteiger partial charge on any atom is 0.336 e. The number of aliphatic hydroxyl groups excluding tert-OH is 1. The quantitative estimate of drug-likeness (QED) is 0.757. The van der Waals surface area contributed by atoms with Crippen molar-refractivity contribution in [1.82, 2.24) is 10.2 Å². The van der Waals surface area contributed by atoms with Crippen molar-refractivity contribution < 1.29 is 23.8 Å². The molecule has 22 heavy (non-hydrogen) atoms. The summed E-state index contributed by atoms with van der Waals surface area (Å²) in [7, 11) is 0. The smallest absolute Gasteiger partial charge is 0.336 e. The molecule has 0 spiro atoms. The van der Waals surface area contributed by atoms with E-state index >= 15 is 0 Å². The monoisotopic (exact) mass is 336 g/mol. The van der Waals surface area contributed by atoms with Crippen molar-refractivity contribution in [2.24, 2.45) is 0 Å². The van der Waals surface area contributed by atoms with Gasteiger partial charge in [0.1, 0.15) is 12.6 Å². The predicted molar refractivity (Wildman–Crippen MR) is 79.9 cm³/mol. The molecule has 0 bridgehead atoms. The number of hydrogen-bond donors (Lipinski definition) is 3. The molecule has 5 nitrogen and oxygen atoms in total. The molecule has 2 rings (SSSR count). The third kappa shape index (κ3) is 3.92. The highest BCUT2D eigenvalue weighted by atomic mass is 35.5. The van der Waals surface area contributed by atoms with Gasteiger partial charge in [0.2, 0.25) is 0 Å². The highest BCUT2D eigenvalue weighted by Gasteiger charge is 2.45. The maximum absolute atomic E-state index is 14.2. The molecule has 1 aliphatic heterocycles. The Bertz CT molecular complexity index is 511. The average molecular weight is 337 g/mol. The van der Waals surface area contributed by atoms with Crippen LogP contribution in [0.4, 0.5) is 8.78 Å². The molecule has 1 aromatic rings. The van der Waals surface area contributed by atoms with E-state index < -0.39 is 24.5 Å². The van der Waals surface area contributed by atoms with E-state index in [9.17, 15) is 18.7 Å². The van der Waals surface area contributed by atoms with Gasteiger partial charge in [0.05, 0.1) is 5.56 Å². The van der Waals surface area contributed by atoms with Crippen LogP contribution in [-0.4, -0.2) is 59.8 Å². The van der Waals surface area contributed by atoms with Crippen molar-refractivity contribution in [3.05, 3.63) is 35.4 Å². The number of nitrogens with zero attached hydrogens (tertiary/aromatic N) is 1. The second kappa shape index (κ2) is 7.82. The molecule has 8 heteroatoms. The lowest BCUT2D eigenvalue weighted by Gasteiger charge is -2.39. The highest BCUT2D eigenvalue weighted by molar-refractivity contribution is 5.89. The largest absolute Gasteiger partial charge is 0.478 e. The van der Waals surface area contributed by atoms with Gasteiger partial charge in [-0.1, -0.05) is 18.2 Å². The lowest BCUT2D eigenvalue weighted by molar-refractivity contribution is -0.118. The first-order chi connectivity index (χ1) is 9.97. The first kappa shape index (κ1) is 18.8. The number of alkyl halides is 2. The minimum atomic E-state index is -3.41. The van der Waals surface area contributed by atoms with Crippen LogP contribution in [0.1, 0.15) is 22.0 Å². The zero-order valence-corrected chi connectivity index (χ0v) is 12.7. The zero-order valence-electron chi connectivity index (χ0n) is 11.8. The fourth-order valence-corrected chi connectivity index (χ4v) is 2.65. The molecule has 0 radical (unpaired) electrons.